The molecule has 2 aliphatic heterocycles. The average molecular weight is 449 g/mol. The first-order valence-corrected chi connectivity index (χ1v) is 6.38. The Morgan fingerprint density at radius 2 is 2.15 bits per heavy atom. The number of hydrogen-bond donors (Lipinski definition) is 2. The van der Waals surface area contributed by atoms with Crippen molar-refractivity contribution in [3.8, 4) is 0 Å². The first-order valence-electron chi connectivity index (χ1n) is 3.46. The molecule has 0 aliphatic carbocycles. The molecule has 0 aromatic carbocycles. The van der Waals surface area contributed by atoms with Crippen LogP contribution in [0.4, 0.5) is 0 Å². The monoisotopic (exact) mass is 449 g/mol. The number of fused-ring (bicyclic) bond motifs is 1. The molecular formula is C5H9O5P2U-. The van der Waals surface area contributed by atoms with Crippen LogP contribution >= 0.6 is 15.8 Å². The van der Waals surface area contributed by atoms with Crippen molar-refractivity contribution in [2.24, 2.45) is 0 Å². The van der Waals surface area contributed by atoms with Gasteiger partial charge in [-0.25, -0.2) is 0 Å². The van der Waals surface area contributed by atoms with Crippen LogP contribution in [0, 0.1) is 37.7 Å². The smallest absolute Gasteiger partial charge is 0.272 e. The van der Waals surface area contributed by atoms with Crippen LogP contribution in [0.5, 0.6) is 0 Å². The van der Waals surface area contributed by atoms with Crippen molar-refractivity contribution in [2.75, 3.05) is 6.61 Å². The Morgan fingerprint density at radius 1 is 1.46 bits per heavy atom. The van der Waals surface area contributed by atoms with Gasteiger partial charge in [-0.05, 0) is 14.6 Å². The predicted octanol–water partition coefficient (Wildman–Crippen LogP) is 0.136. The standard InChI is InChI=1S/C5H9O5P2.U/c6-1-3-5-4(2-8-3)9-12(7,11)10-5;/h2-7,11H,1H2;/q-1;/t3-,4?,5?,12?;/m1./s1. The van der Waals surface area contributed by atoms with E-state index in [0.29, 0.717) is 0 Å². The van der Waals surface area contributed by atoms with E-state index < -0.39 is 19.4 Å². The summed E-state index contributed by atoms with van der Waals surface area (Å²) in [5, 5.41) is 8.82. The minimum Gasteiger partial charge on any atom is -0.544 e. The minimum atomic E-state index is -2.84. The summed E-state index contributed by atoms with van der Waals surface area (Å²) in [6, 6.07) is 0. The molecule has 2 rings (SSSR count). The van der Waals surface area contributed by atoms with Gasteiger partial charge >= 0.3 is 0 Å². The number of rotatable bonds is 1. The zero-order valence-corrected chi connectivity index (χ0v) is 12.6. The summed E-state index contributed by atoms with van der Waals surface area (Å²) in [6.45, 7) is 1.29. The molecule has 0 aromatic rings. The molecule has 2 fully saturated rings. The van der Waals surface area contributed by atoms with Gasteiger partial charge in [-0.2, -0.15) is 6.61 Å². The van der Waals surface area contributed by atoms with E-state index in [9.17, 15) is 4.89 Å². The van der Waals surface area contributed by atoms with Crippen molar-refractivity contribution in [1.82, 2.24) is 0 Å². The summed E-state index contributed by atoms with van der Waals surface area (Å²) in [7, 11) is 0.133. The molecule has 2 heterocycles. The molecular weight excluding hydrogens is 440 g/mol. The molecule has 0 spiro atoms. The van der Waals surface area contributed by atoms with Crippen molar-refractivity contribution in [3.05, 3.63) is 6.61 Å². The Hall–Kier alpha value is 1.58. The second-order valence-corrected chi connectivity index (χ2v) is 5.81. The largest absolute Gasteiger partial charge is 0.544 e. The van der Waals surface area contributed by atoms with E-state index in [1.807, 2.05) is 0 Å². The topological polar surface area (TPSA) is 68.2 Å². The van der Waals surface area contributed by atoms with E-state index in [-0.39, 0.29) is 43.8 Å². The molecule has 3 unspecified atom stereocenters. The van der Waals surface area contributed by atoms with E-state index in [1.54, 1.807) is 0 Å². The Morgan fingerprint density at radius 3 is 2.77 bits per heavy atom. The number of ether oxygens (including phenoxy) is 1. The van der Waals surface area contributed by atoms with Gasteiger partial charge in [-0.15, -0.1) is 0 Å². The summed E-state index contributed by atoms with van der Waals surface area (Å²) < 4.78 is 15.2. The maximum atomic E-state index is 9.34. The van der Waals surface area contributed by atoms with Crippen LogP contribution in [0.3, 0.4) is 0 Å². The molecule has 2 saturated heterocycles. The third-order valence-electron chi connectivity index (χ3n) is 1.79. The van der Waals surface area contributed by atoms with Gasteiger partial charge in [-0.1, -0.05) is 0 Å². The van der Waals surface area contributed by atoms with Crippen LogP contribution in [0.25, 0.3) is 0 Å². The second kappa shape index (κ2) is 4.62. The molecule has 0 radical (unpaired) electrons. The van der Waals surface area contributed by atoms with Crippen molar-refractivity contribution < 1.29 is 54.9 Å². The van der Waals surface area contributed by atoms with Gasteiger partial charge in [0.2, 0.25) is 0 Å². The van der Waals surface area contributed by atoms with Crippen LogP contribution in [-0.4, -0.2) is 34.9 Å². The van der Waals surface area contributed by atoms with E-state index in [4.69, 9.17) is 18.9 Å². The Labute approximate surface area is 102 Å². The van der Waals surface area contributed by atoms with Gasteiger partial charge in [0.25, 0.3) is 7.23 Å². The fraction of sp³-hybridized carbons (Fsp3) is 0.800. The van der Waals surface area contributed by atoms with Gasteiger partial charge in [0, 0.05) is 31.1 Å². The maximum absolute atomic E-state index is 9.34. The first kappa shape index (κ1) is 12.7. The molecule has 0 aromatic heterocycles. The molecule has 5 nitrogen and oxygen atoms in total. The third-order valence-corrected chi connectivity index (χ3v) is 3.48. The predicted molar refractivity (Wildman–Crippen MR) is 43.5 cm³/mol. The molecule has 0 bridgehead atoms. The SMILES string of the molecule is OC[C@H]1O[CH-]C2OP(O)(=P)OC21.[U]. The zero-order valence-electron chi connectivity index (χ0n) is 6.58. The number of aliphatic hydroxyl groups excluding tert-OH is 1. The maximum Gasteiger partial charge on any atom is 0.272 e. The van der Waals surface area contributed by atoms with Gasteiger partial charge in [0.15, 0.2) is 0 Å². The van der Waals surface area contributed by atoms with Crippen molar-refractivity contribution in [1.29, 1.82) is 0 Å². The Kier molecular flexibility index (Phi) is 4.49. The first-order chi connectivity index (χ1) is 5.62. The molecule has 2 aliphatic rings. The van der Waals surface area contributed by atoms with Crippen LogP contribution in [0.15, 0.2) is 0 Å². The molecule has 74 valence electrons. The van der Waals surface area contributed by atoms with E-state index >= 15 is 0 Å². The molecule has 2 N–H and O–H groups in total. The van der Waals surface area contributed by atoms with Crippen LogP contribution in [0.2, 0.25) is 0 Å². The molecule has 4 atom stereocenters. The van der Waals surface area contributed by atoms with Crippen molar-refractivity contribution in [2.45, 2.75) is 18.3 Å². The van der Waals surface area contributed by atoms with Crippen molar-refractivity contribution >= 4 is 15.8 Å². The molecule has 13 heavy (non-hydrogen) atoms. The van der Waals surface area contributed by atoms with Crippen LogP contribution < -0.4 is 0 Å². The summed E-state index contributed by atoms with van der Waals surface area (Å²) in [5.74, 6) is 0. The van der Waals surface area contributed by atoms with Gasteiger partial charge in [-0.3, -0.25) is 0 Å². The minimum absolute atomic E-state index is 0. The van der Waals surface area contributed by atoms with E-state index in [0.717, 1.165) is 0 Å². The van der Waals surface area contributed by atoms with E-state index in [1.165, 1.54) is 6.61 Å². The molecule has 0 saturated carbocycles. The number of hydrogen-bond acceptors (Lipinski definition) is 4. The quantitative estimate of drug-likeness (QED) is 0.441. The molecule has 8 heteroatoms. The summed E-state index contributed by atoms with van der Waals surface area (Å²) in [5.41, 5.74) is 0. The second-order valence-electron chi connectivity index (χ2n) is 2.65. The van der Waals surface area contributed by atoms with Crippen molar-refractivity contribution in [3.63, 3.8) is 0 Å². The van der Waals surface area contributed by atoms with Gasteiger partial charge in [0.05, 0.1) is 18.8 Å². The fourth-order valence-corrected chi connectivity index (χ4v) is 3.12. The molecule has 0 amide bonds. The Bertz CT molecular complexity index is 237. The summed E-state index contributed by atoms with van der Waals surface area (Å²) in [4.78, 5) is 9.34. The Balaban J connectivity index is 0.000000845. The van der Waals surface area contributed by atoms with Gasteiger partial charge < -0.3 is 23.8 Å². The summed E-state index contributed by atoms with van der Waals surface area (Å²) >= 11 is 0. The van der Waals surface area contributed by atoms with Crippen LogP contribution in [-0.2, 0) is 13.8 Å². The van der Waals surface area contributed by atoms with Crippen LogP contribution in [0.1, 0.15) is 0 Å². The fourth-order valence-electron chi connectivity index (χ4n) is 1.26. The number of aliphatic hydroxyl groups is 1. The average Bonchev–Trinajstić information content (AvgIpc) is 2.42. The van der Waals surface area contributed by atoms with E-state index in [2.05, 4.69) is 8.53 Å². The normalized spacial score (nSPS) is 48.6. The summed E-state index contributed by atoms with van der Waals surface area (Å²) in [6.07, 6.45) is -1.20. The zero-order chi connectivity index (χ0) is 8.77. The van der Waals surface area contributed by atoms with Gasteiger partial charge in [0.1, 0.15) is 0 Å². The third kappa shape index (κ3) is 2.58.